The number of nitrogens with zero attached hydrogens (tertiary/aromatic N) is 2. The molecule has 0 atom stereocenters. The number of benzene rings is 2. The van der Waals surface area contributed by atoms with Gasteiger partial charge >= 0.3 is 0 Å². The average Bonchev–Trinajstić information content (AvgIpc) is 2.92. The molecule has 0 saturated heterocycles. The number of nitrogens with two attached hydrogens (primary N) is 1. The lowest BCUT2D eigenvalue weighted by molar-refractivity contribution is 0.318. The summed E-state index contributed by atoms with van der Waals surface area (Å²) >= 11 is 6.32. The van der Waals surface area contributed by atoms with E-state index in [-0.39, 0.29) is 5.84 Å². The van der Waals surface area contributed by atoms with E-state index >= 15 is 0 Å². The molecule has 0 saturated carbocycles. The van der Waals surface area contributed by atoms with Gasteiger partial charge in [-0.25, -0.2) is 0 Å². The molecule has 1 heterocycles. The van der Waals surface area contributed by atoms with E-state index in [1.165, 1.54) is 11.3 Å². The Bertz CT molecular complexity index is 700. The molecule has 0 radical (unpaired) electrons. The predicted octanol–water partition coefficient (Wildman–Crippen LogP) is 3.00. The molecule has 3 N–H and O–H groups in total. The molecule has 0 amide bonds. The lowest BCUT2D eigenvalue weighted by Gasteiger charge is -2.20. The molecule has 4 nitrogen and oxygen atoms in total. The van der Waals surface area contributed by atoms with Gasteiger partial charge in [0.1, 0.15) is 0 Å². The molecule has 2 aromatic rings. The minimum absolute atomic E-state index is 0.0648. The lowest BCUT2D eigenvalue weighted by Crippen LogP contribution is -2.20. The minimum atomic E-state index is 0.0648. The third-order valence-electron chi connectivity index (χ3n) is 3.80. The number of hydrogen-bond acceptors (Lipinski definition) is 3. The van der Waals surface area contributed by atoms with E-state index in [9.17, 15) is 0 Å². The SMILES string of the molecule is N/C(=N/O)c1ccc(CN2CCc3ccccc32)c(Cl)c1. The largest absolute Gasteiger partial charge is 0.409 e. The molecule has 3 rings (SSSR count). The van der Waals surface area contributed by atoms with Crippen molar-refractivity contribution in [1.29, 1.82) is 0 Å². The second-order valence-electron chi connectivity index (χ2n) is 5.09. The molecule has 5 heteroatoms. The Labute approximate surface area is 128 Å². The number of anilines is 1. The zero-order valence-corrected chi connectivity index (χ0v) is 12.2. The molecular weight excluding hydrogens is 286 g/mol. The Hall–Kier alpha value is -2.20. The van der Waals surface area contributed by atoms with Crippen molar-refractivity contribution in [2.75, 3.05) is 11.4 Å². The fourth-order valence-electron chi connectivity index (χ4n) is 2.67. The van der Waals surface area contributed by atoms with Crippen LogP contribution >= 0.6 is 11.6 Å². The van der Waals surface area contributed by atoms with Crippen molar-refractivity contribution in [3.8, 4) is 0 Å². The average molecular weight is 302 g/mol. The van der Waals surface area contributed by atoms with Crippen LogP contribution in [-0.2, 0) is 13.0 Å². The molecule has 1 aliphatic heterocycles. The minimum Gasteiger partial charge on any atom is -0.409 e. The highest BCUT2D eigenvalue weighted by Gasteiger charge is 2.19. The van der Waals surface area contributed by atoms with Crippen LogP contribution < -0.4 is 10.6 Å². The summed E-state index contributed by atoms with van der Waals surface area (Å²) in [6.45, 7) is 1.75. The fraction of sp³-hybridized carbons (Fsp3) is 0.188. The van der Waals surface area contributed by atoms with Crippen LogP contribution in [0.4, 0.5) is 5.69 Å². The molecule has 108 valence electrons. The Kier molecular flexibility index (Phi) is 3.71. The van der Waals surface area contributed by atoms with E-state index in [0.29, 0.717) is 10.6 Å². The first-order valence-electron chi connectivity index (χ1n) is 6.78. The van der Waals surface area contributed by atoms with Crippen molar-refractivity contribution in [2.45, 2.75) is 13.0 Å². The summed E-state index contributed by atoms with van der Waals surface area (Å²) in [7, 11) is 0. The van der Waals surface area contributed by atoms with Gasteiger partial charge in [-0.3, -0.25) is 0 Å². The molecule has 21 heavy (non-hydrogen) atoms. The highest BCUT2D eigenvalue weighted by atomic mass is 35.5. The van der Waals surface area contributed by atoms with Crippen LogP contribution in [0.25, 0.3) is 0 Å². The first-order chi connectivity index (χ1) is 10.2. The number of hydrogen-bond donors (Lipinski definition) is 2. The van der Waals surface area contributed by atoms with Gasteiger partial charge in [0.05, 0.1) is 0 Å². The zero-order valence-electron chi connectivity index (χ0n) is 11.5. The number of para-hydroxylation sites is 1. The van der Waals surface area contributed by atoms with E-state index in [0.717, 1.165) is 25.1 Å². The van der Waals surface area contributed by atoms with Crippen LogP contribution in [0.5, 0.6) is 0 Å². The number of amidine groups is 1. The summed E-state index contributed by atoms with van der Waals surface area (Å²) < 4.78 is 0. The van der Waals surface area contributed by atoms with E-state index in [1.807, 2.05) is 12.1 Å². The second-order valence-corrected chi connectivity index (χ2v) is 5.50. The standard InChI is InChI=1S/C16H16ClN3O/c17-14-9-12(16(18)19-21)5-6-13(14)10-20-8-7-11-3-1-2-4-15(11)20/h1-6,9,21H,7-8,10H2,(H2,18,19). The quantitative estimate of drug-likeness (QED) is 0.396. The van der Waals surface area contributed by atoms with Crippen LogP contribution in [0.1, 0.15) is 16.7 Å². The van der Waals surface area contributed by atoms with E-state index < -0.39 is 0 Å². The molecule has 0 fully saturated rings. The molecular formula is C16H16ClN3O. The first-order valence-corrected chi connectivity index (χ1v) is 7.16. The molecule has 2 aromatic carbocycles. The number of rotatable bonds is 3. The van der Waals surface area contributed by atoms with Crippen molar-refractivity contribution in [3.05, 3.63) is 64.2 Å². The van der Waals surface area contributed by atoms with Gasteiger partial charge in [-0.2, -0.15) is 0 Å². The molecule has 0 aromatic heterocycles. The fourth-order valence-corrected chi connectivity index (χ4v) is 2.91. The van der Waals surface area contributed by atoms with Crippen molar-refractivity contribution >= 4 is 23.1 Å². The number of oxime groups is 1. The van der Waals surface area contributed by atoms with Crippen LogP contribution in [0.3, 0.4) is 0 Å². The molecule has 0 bridgehead atoms. The maximum Gasteiger partial charge on any atom is 0.170 e. The monoisotopic (exact) mass is 301 g/mol. The highest BCUT2D eigenvalue weighted by molar-refractivity contribution is 6.31. The van der Waals surface area contributed by atoms with Gasteiger partial charge in [0.25, 0.3) is 0 Å². The highest BCUT2D eigenvalue weighted by Crippen LogP contribution is 2.30. The van der Waals surface area contributed by atoms with Gasteiger partial charge in [-0.05, 0) is 29.7 Å². The smallest absolute Gasteiger partial charge is 0.170 e. The van der Waals surface area contributed by atoms with Crippen LogP contribution in [0, 0.1) is 0 Å². The van der Waals surface area contributed by atoms with Gasteiger partial charge < -0.3 is 15.8 Å². The van der Waals surface area contributed by atoms with Gasteiger partial charge in [0.15, 0.2) is 5.84 Å². The predicted molar refractivity (Wildman–Crippen MR) is 85.2 cm³/mol. The third kappa shape index (κ3) is 2.67. The molecule has 0 aliphatic carbocycles. The number of fused-ring (bicyclic) bond motifs is 1. The van der Waals surface area contributed by atoms with Gasteiger partial charge in [0, 0.05) is 29.4 Å². The Balaban J connectivity index is 1.84. The molecule has 1 aliphatic rings. The summed E-state index contributed by atoms with van der Waals surface area (Å²) in [5, 5.41) is 12.3. The normalized spacial score (nSPS) is 14.3. The summed E-state index contributed by atoms with van der Waals surface area (Å²) in [5.41, 5.74) is 9.87. The maximum absolute atomic E-state index is 8.70. The van der Waals surface area contributed by atoms with Crippen molar-refractivity contribution in [3.63, 3.8) is 0 Å². The Morgan fingerprint density at radius 3 is 2.86 bits per heavy atom. The summed E-state index contributed by atoms with van der Waals surface area (Å²) in [6, 6.07) is 13.9. The second kappa shape index (κ2) is 5.66. The number of halogens is 1. The van der Waals surface area contributed by atoms with E-state index in [1.54, 1.807) is 6.07 Å². The lowest BCUT2D eigenvalue weighted by atomic mass is 10.1. The van der Waals surface area contributed by atoms with Crippen molar-refractivity contribution < 1.29 is 5.21 Å². The van der Waals surface area contributed by atoms with E-state index in [4.69, 9.17) is 22.5 Å². The zero-order chi connectivity index (χ0) is 14.8. The first kappa shape index (κ1) is 13.8. The summed E-state index contributed by atoms with van der Waals surface area (Å²) in [4.78, 5) is 2.32. The third-order valence-corrected chi connectivity index (χ3v) is 4.15. The van der Waals surface area contributed by atoms with Gasteiger partial charge in [-0.1, -0.05) is 47.1 Å². The van der Waals surface area contributed by atoms with Gasteiger partial charge in [-0.15, -0.1) is 0 Å². The maximum atomic E-state index is 8.70. The summed E-state index contributed by atoms with van der Waals surface area (Å²) in [5.74, 6) is 0.0648. The Morgan fingerprint density at radius 2 is 2.10 bits per heavy atom. The van der Waals surface area contributed by atoms with Crippen molar-refractivity contribution in [1.82, 2.24) is 0 Å². The van der Waals surface area contributed by atoms with Crippen LogP contribution in [-0.4, -0.2) is 17.6 Å². The summed E-state index contributed by atoms with van der Waals surface area (Å²) in [6.07, 6.45) is 1.07. The van der Waals surface area contributed by atoms with Crippen LogP contribution in [0.2, 0.25) is 5.02 Å². The van der Waals surface area contributed by atoms with E-state index in [2.05, 4.69) is 34.3 Å². The Morgan fingerprint density at radius 1 is 1.29 bits per heavy atom. The van der Waals surface area contributed by atoms with Crippen LogP contribution in [0.15, 0.2) is 47.6 Å². The molecule has 0 spiro atoms. The van der Waals surface area contributed by atoms with Gasteiger partial charge in [0.2, 0.25) is 0 Å². The topological polar surface area (TPSA) is 61.9 Å². The van der Waals surface area contributed by atoms with Crippen molar-refractivity contribution in [2.24, 2.45) is 10.9 Å². The molecule has 0 unspecified atom stereocenters.